The largest absolute Gasteiger partial charge is 0.486 e. The molecule has 2 aliphatic heterocycles. The van der Waals surface area contributed by atoms with Crippen LogP contribution in [0.15, 0.2) is 54.6 Å². The van der Waals surface area contributed by atoms with E-state index in [0.717, 1.165) is 42.4 Å². The van der Waals surface area contributed by atoms with Crippen LogP contribution < -0.4 is 9.47 Å². The van der Waals surface area contributed by atoms with Crippen molar-refractivity contribution in [2.45, 2.75) is 45.7 Å². The Kier molecular flexibility index (Phi) is 5.65. The summed E-state index contributed by atoms with van der Waals surface area (Å²) in [5.74, 6) is 1.76. The second kappa shape index (κ2) is 8.72. The Labute approximate surface area is 184 Å². The number of ether oxygens (including phenoxy) is 2. The summed E-state index contributed by atoms with van der Waals surface area (Å²) in [6.07, 6.45) is 3.38. The summed E-state index contributed by atoms with van der Waals surface area (Å²) < 4.78 is 11.5. The minimum atomic E-state index is 0.443. The van der Waals surface area contributed by atoms with Crippen molar-refractivity contribution in [3.05, 3.63) is 88.2 Å². The molecule has 31 heavy (non-hydrogen) atoms. The molecule has 0 bridgehead atoms. The van der Waals surface area contributed by atoms with Gasteiger partial charge in [-0.15, -0.1) is 0 Å². The summed E-state index contributed by atoms with van der Waals surface area (Å²) >= 11 is 0. The van der Waals surface area contributed by atoms with Gasteiger partial charge in [0.15, 0.2) is 11.5 Å². The van der Waals surface area contributed by atoms with Gasteiger partial charge in [-0.25, -0.2) is 0 Å². The molecule has 3 heterocycles. The molecule has 4 nitrogen and oxygen atoms in total. The van der Waals surface area contributed by atoms with E-state index < -0.39 is 0 Å². The highest BCUT2D eigenvalue weighted by molar-refractivity contribution is 5.45. The topological polar surface area (TPSA) is 34.6 Å². The van der Waals surface area contributed by atoms with Gasteiger partial charge < -0.3 is 9.47 Å². The predicted molar refractivity (Wildman–Crippen MR) is 123 cm³/mol. The van der Waals surface area contributed by atoms with E-state index in [4.69, 9.17) is 9.47 Å². The Hall–Kier alpha value is -2.85. The molecule has 0 aliphatic carbocycles. The van der Waals surface area contributed by atoms with E-state index in [0.29, 0.717) is 19.3 Å². The fraction of sp³-hybridized carbons (Fsp3) is 0.370. The molecule has 0 N–H and O–H groups in total. The van der Waals surface area contributed by atoms with Gasteiger partial charge in [0.2, 0.25) is 0 Å². The van der Waals surface area contributed by atoms with Gasteiger partial charge in [-0.3, -0.25) is 9.88 Å². The smallest absolute Gasteiger partial charge is 0.161 e. The van der Waals surface area contributed by atoms with Crippen molar-refractivity contribution in [2.75, 3.05) is 19.8 Å². The Bertz CT molecular complexity index is 1040. The summed E-state index contributed by atoms with van der Waals surface area (Å²) in [6.45, 7) is 7.51. The van der Waals surface area contributed by atoms with Gasteiger partial charge in [0.25, 0.3) is 0 Å². The number of likely N-dealkylation sites (tertiary alicyclic amines) is 1. The predicted octanol–water partition coefficient (Wildman–Crippen LogP) is 5.40. The van der Waals surface area contributed by atoms with Crippen molar-refractivity contribution >= 4 is 0 Å². The third kappa shape index (κ3) is 4.59. The van der Waals surface area contributed by atoms with Gasteiger partial charge in [0, 0.05) is 24.0 Å². The zero-order chi connectivity index (χ0) is 21.2. The monoisotopic (exact) mass is 414 g/mol. The number of fused-ring (bicyclic) bond motifs is 1. The van der Waals surface area contributed by atoms with Gasteiger partial charge in [0.05, 0.1) is 0 Å². The SMILES string of the molecule is Cc1cc(Cc2ccc(CN3CCC[C@@H]3c3ccc4c(c3)OCCO4)cc2)cc(C)n1. The molecule has 160 valence electrons. The molecule has 1 aromatic heterocycles. The minimum absolute atomic E-state index is 0.443. The van der Waals surface area contributed by atoms with Crippen molar-refractivity contribution < 1.29 is 9.47 Å². The van der Waals surface area contributed by atoms with E-state index in [-0.39, 0.29) is 0 Å². The van der Waals surface area contributed by atoms with Crippen LogP contribution in [0, 0.1) is 13.8 Å². The molecule has 1 atom stereocenters. The first-order chi connectivity index (χ1) is 15.1. The maximum atomic E-state index is 5.81. The quantitative estimate of drug-likeness (QED) is 0.560. The third-order valence-electron chi connectivity index (χ3n) is 6.27. The average molecular weight is 415 g/mol. The Balaban J connectivity index is 1.27. The number of pyridine rings is 1. The van der Waals surface area contributed by atoms with Crippen molar-refractivity contribution in [1.82, 2.24) is 9.88 Å². The number of aryl methyl sites for hydroxylation is 2. The summed E-state index contributed by atoms with van der Waals surface area (Å²) in [5, 5.41) is 0. The molecule has 4 heteroatoms. The molecule has 1 saturated heterocycles. The molecular formula is C27H30N2O2. The maximum Gasteiger partial charge on any atom is 0.161 e. The average Bonchev–Trinajstić information content (AvgIpc) is 3.22. The normalized spacial score (nSPS) is 18.3. The highest BCUT2D eigenvalue weighted by Crippen LogP contribution is 2.38. The third-order valence-corrected chi connectivity index (χ3v) is 6.27. The lowest BCUT2D eigenvalue weighted by molar-refractivity contribution is 0.170. The fourth-order valence-electron chi connectivity index (χ4n) is 4.92. The highest BCUT2D eigenvalue weighted by Gasteiger charge is 2.27. The minimum Gasteiger partial charge on any atom is -0.486 e. The molecule has 2 aromatic carbocycles. The molecule has 0 unspecified atom stereocenters. The summed E-state index contributed by atoms with van der Waals surface area (Å²) in [4.78, 5) is 7.08. The van der Waals surface area contributed by atoms with Crippen LogP contribution in [0.4, 0.5) is 0 Å². The lowest BCUT2D eigenvalue weighted by Crippen LogP contribution is -2.23. The lowest BCUT2D eigenvalue weighted by Gasteiger charge is -2.26. The van der Waals surface area contributed by atoms with Crippen LogP contribution >= 0.6 is 0 Å². The molecule has 2 aliphatic rings. The molecule has 0 saturated carbocycles. The van der Waals surface area contributed by atoms with Gasteiger partial charge in [-0.2, -0.15) is 0 Å². The van der Waals surface area contributed by atoms with Crippen molar-refractivity contribution in [1.29, 1.82) is 0 Å². The molecule has 0 radical (unpaired) electrons. The van der Waals surface area contributed by atoms with Crippen LogP contribution in [-0.2, 0) is 13.0 Å². The molecule has 3 aromatic rings. The second-order valence-corrected chi connectivity index (χ2v) is 8.78. The number of nitrogens with zero attached hydrogens (tertiary/aromatic N) is 2. The van der Waals surface area contributed by atoms with Gasteiger partial charge >= 0.3 is 0 Å². The zero-order valence-corrected chi connectivity index (χ0v) is 18.4. The number of rotatable bonds is 5. The number of hydrogen-bond acceptors (Lipinski definition) is 4. The van der Waals surface area contributed by atoms with Crippen molar-refractivity contribution in [3.63, 3.8) is 0 Å². The van der Waals surface area contributed by atoms with Crippen LogP contribution in [0.25, 0.3) is 0 Å². The van der Waals surface area contributed by atoms with E-state index in [2.05, 4.69) is 78.3 Å². The van der Waals surface area contributed by atoms with E-state index >= 15 is 0 Å². The van der Waals surface area contributed by atoms with Crippen LogP contribution in [0.1, 0.15) is 52.5 Å². The first-order valence-corrected chi connectivity index (χ1v) is 11.3. The zero-order valence-electron chi connectivity index (χ0n) is 18.4. The van der Waals surface area contributed by atoms with Crippen LogP contribution in [-0.4, -0.2) is 29.6 Å². The number of benzene rings is 2. The first-order valence-electron chi connectivity index (χ1n) is 11.3. The number of aromatic nitrogens is 1. The lowest BCUT2D eigenvalue weighted by atomic mass is 10.0. The van der Waals surface area contributed by atoms with Gasteiger partial charge in [0.1, 0.15) is 13.2 Å². The summed E-state index contributed by atoms with van der Waals surface area (Å²) in [5.41, 5.74) is 7.56. The van der Waals surface area contributed by atoms with Crippen molar-refractivity contribution in [2.24, 2.45) is 0 Å². The van der Waals surface area contributed by atoms with Crippen molar-refractivity contribution in [3.8, 4) is 11.5 Å². The molecule has 5 rings (SSSR count). The summed E-state index contributed by atoms with van der Waals surface area (Å²) in [7, 11) is 0. The van der Waals surface area contributed by atoms with E-state index in [9.17, 15) is 0 Å². The van der Waals surface area contributed by atoms with Crippen LogP contribution in [0.3, 0.4) is 0 Å². The fourth-order valence-corrected chi connectivity index (χ4v) is 4.92. The van der Waals surface area contributed by atoms with E-state index in [1.165, 1.54) is 35.1 Å². The van der Waals surface area contributed by atoms with Gasteiger partial charge in [-0.1, -0.05) is 30.3 Å². The standard InChI is InChI=1S/C27H30N2O2/c1-19-14-23(15-20(2)28-19)16-21-5-7-22(8-6-21)18-29-11-3-4-25(29)24-9-10-26-27(17-24)31-13-12-30-26/h5-10,14-15,17,25H,3-4,11-13,16,18H2,1-2H3/t25-/m1/s1. The summed E-state index contributed by atoms with van der Waals surface area (Å²) in [6, 6.07) is 20.4. The molecule has 0 spiro atoms. The second-order valence-electron chi connectivity index (χ2n) is 8.78. The Morgan fingerprint density at radius 3 is 2.32 bits per heavy atom. The van der Waals surface area contributed by atoms with Gasteiger partial charge in [-0.05, 0) is 86.2 Å². The van der Waals surface area contributed by atoms with E-state index in [1.807, 2.05) is 0 Å². The Morgan fingerprint density at radius 2 is 1.55 bits per heavy atom. The first kappa shape index (κ1) is 20.1. The van der Waals surface area contributed by atoms with E-state index in [1.54, 1.807) is 0 Å². The Morgan fingerprint density at radius 1 is 0.839 bits per heavy atom. The van der Waals surface area contributed by atoms with Crippen LogP contribution in [0.5, 0.6) is 11.5 Å². The highest BCUT2D eigenvalue weighted by atomic mass is 16.6. The maximum absolute atomic E-state index is 5.81. The molecular weight excluding hydrogens is 384 g/mol. The van der Waals surface area contributed by atoms with Crippen LogP contribution in [0.2, 0.25) is 0 Å². The molecule has 0 amide bonds. The molecule has 1 fully saturated rings. The number of hydrogen-bond donors (Lipinski definition) is 0.